The van der Waals surface area contributed by atoms with E-state index < -0.39 is 0 Å². The van der Waals surface area contributed by atoms with Crippen LogP contribution < -0.4 is 5.73 Å². The first-order valence-corrected chi connectivity index (χ1v) is 8.05. The third kappa shape index (κ3) is 4.12. The van der Waals surface area contributed by atoms with Gasteiger partial charge in [0, 0.05) is 35.3 Å². The van der Waals surface area contributed by atoms with Gasteiger partial charge in [-0.2, -0.15) is 5.10 Å². The molecule has 0 aliphatic rings. The zero-order chi connectivity index (χ0) is 14.5. The van der Waals surface area contributed by atoms with Crippen LogP contribution in [-0.2, 0) is 13.0 Å². The van der Waals surface area contributed by atoms with Crippen LogP contribution in [0.15, 0.2) is 35.2 Å². The molecular formula is C16H23N3S. The molecule has 1 aromatic carbocycles. The van der Waals surface area contributed by atoms with Gasteiger partial charge in [-0.3, -0.25) is 4.68 Å². The Kier molecular flexibility index (Phi) is 5.26. The summed E-state index contributed by atoms with van der Waals surface area (Å²) in [5.41, 5.74) is 9.85. The molecule has 1 atom stereocenters. The van der Waals surface area contributed by atoms with Gasteiger partial charge in [-0.25, -0.2) is 0 Å². The highest BCUT2D eigenvalue weighted by atomic mass is 32.2. The highest BCUT2D eigenvalue weighted by Gasteiger charge is 2.10. The number of aryl methyl sites for hydroxylation is 3. The first-order chi connectivity index (χ1) is 9.58. The van der Waals surface area contributed by atoms with Crippen molar-refractivity contribution < 1.29 is 0 Å². The van der Waals surface area contributed by atoms with E-state index in [0.29, 0.717) is 0 Å². The number of aromatic nitrogens is 2. The first-order valence-electron chi connectivity index (χ1n) is 7.07. The molecule has 0 amide bonds. The van der Waals surface area contributed by atoms with E-state index in [9.17, 15) is 0 Å². The molecule has 108 valence electrons. The molecule has 2 rings (SSSR count). The summed E-state index contributed by atoms with van der Waals surface area (Å²) in [6, 6.07) is 10.9. The predicted molar refractivity (Wildman–Crippen MR) is 86.2 cm³/mol. The standard InChI is InChI=1S/C16H23N3S/c1-4-19-15(9-13(3)18-19)10-14(17)11-20-16-7-5-12(2)6-8-16/h5-9,14H,4,10-11,17H2,1-3H3. The lowest BCUT2D eigenvalue weighted by molar-refractivity contribution is 0.594. The number of benzene rings is 1. The Morgan fingerprint density at radius 2 is 1.95 bits per heavy atom. The van der Waals surface area contributed by atoms with Gasteiger partial charge in [0.05, 0.1) is 5.69 Å². The smallest absolute Gasteiger partial charge is 0.0596 e. The fourth-order valence-corrected chi connectivity index (χ4v) is 3.06. The molecule has 2 N–H and O–H groups in total. The van der Waals surface area contributed by atoms with Crippen LogP contribution in [0.1, 0.15) is 23.9 Å². The van der Waals surface area contributed by atoms with Crippen LogP contribution in [0.3, 0.4) is 0 Å². The van der Waals surface area contributed by atoms with Crippen LogP contribution >= 0.6 is 11.8 Å². The van der Waals surface area contributed by atoms with Crippen molar-refractivity contribution in [3.05, 3.63) is 47.3 Å². The van der Waals surface area contributed by atoms with E-state index in [4.69, 9.17) is 5.73 Å². The second-order valence-corrected chi connectivity index (χ2v) is 6.27. The van der Waals surface area contributed by atoms with Crippen molar-refractivity contribution in [1.82, 2.24) is 9.78 Å². The minimum Gasteiger partial charge on any atom is -0.327 e. The molecule has 0 bridgehead atoms. The van der Waals surface area contributed by atoms with E-state index in [2.05, 4.69) is 49.3 Å². The molecular weight excluding hydrogens is 266 g/mol. The molecule has 1 unspecified atom stereocenters. The van der Waals surface area contributed by atoms with Crippen molar-refractivity contribution in [2.45, 2.75) is 44.7 Å². The Balaban J connectivity index is 1.88. The van der Waals surface area contributed by atoms with Crippen molar-refractivity contribution >= 4 is 11.8 Å². The number of hydrogen-bond acceptors (Lipinski definition) is 3. The number of thioether (sulfide) groups is 1. The predicted octanol–water partition coefficient (Wildman–Crippen LogP) is 3.18. The Labute approximate surface area is 125 Å². The fourth-order valence-electron chi connectivity index (χ4n) is 2.20. The maximum Gasteiger partial charge on any atom is 0.0596 e. The normalized spacial score (nSPS) is 12.6. The van der Waals surface area contributed by atoms with Gasteiger partial charge < -0.3 is 5.73 Å². The lowest BCUT2D eigenvalue weighted by atomic mass is 10.2. The summed E-state index contributed by atoms with van der Waals surface area (Å²) in [4.78, 5) is 1.28. The third-order valence-corrected chi connectivity index (χ3v) is 4.44. The molecule has 0 aliphatic carbocycles. The van der Waals surface area contributed by atoms with Gasteiger partial charge in [-0.15, -0.1) is 11.8 Å². The first kappa shape index (κ1) is 15.1. The quantitative estimate of drug-likeness (QED) is 0.831. The summed E-state index contributed by atoms with van der Waals surface area (Å²) < 4.78 is 2.05. The van der Waals surface area contributed by atoms with Crippen LogP contribution in [0.2, 0.25) is 0 Å². The highest BCUT2D eigenvalue weighted by Crippen LogP contribution is 2.19. The Morgan fingerprint density at radius 3 is 2.60 bits per heavy atom. The van der Waals surface area contributed by atoms with Gasteiger partial charge >= 0.3 is 0 Å². The lowest BCUT2D eigenvalue weighted by Gasteiger charge is -2.12. The zero-order valence-electron chi connectivity index (χ0n) is 12.5. The molecule has 1 heterocycles. The minimum absolute atomic E-state index is 0.155. The van der Waals surface area contributed by atoms with Crippen molar-refractivity contribution in [1.29, 1.82) is 0 Å². The maximum atomic E-state index is 6.25. The van der Waals surface area contributed by atoms with Gasteiger partial charge in [0.15, 0.2) is 0 Å². The van der Waals surface area contributed by atoms with Crippen LogP contribution in [0.4, 0.5) is 0 Å². The van der Waals surface area contributed by atoms with E-state index in [1.807, 2.05) is 23.4 Å². The number of hydrogen-bond donors (Lipinski definition) is 1. The van der Waals surface area contributed by atoms with E-state index in [0.717, 1.165) is 24.4 Å². The maximum absolute atomic E-state index is 6.25. The average molecular weight is 289 g/mol. The molecule has 0 saturated carbocycles. The summed E-state index contributed by atoms with van der Waals surface area (Å²) >= 11 is 1.82. The van der Waals surface area contributed by atoms with Crippen molar-refractivity contribution in [2.24, 2.45) is 5.73 Å². The monoisotopic (exact) mass is 289 g/mol. The van der Waals surface area contributed by atoms with Crippen LogP contribution in [0, 0.1) is 13.8 Å². The summed E-state index contributed by atoms with van der Waals surface area (Å²) in [5, 5.41) is 4.46. The second-order valence-electron chi connectivity index (χ2n) is 5.18. The lowest BCUT2D eigenvalue weighted by Crippen LogP contribution is -2.26. The van der Waals surface area contributed by atoms with Gasteiger partial charge in [0.1, 0.15) is 0 Å². The molecule has 0 saturated heterocycles. The molecule has 2 aromatic rings. The topological polar surface area (TPSA) is 43.8 Å². The molecule has 0 radical (unpaired) electrons. The molecule has 0 fully saturated rings. The average Bonchev–Trinajstić information content (AvgIpc) is 2.78. The molecule has 3 nitrogen and oxygen atoms in total. The van der Waals surface area contributed by atoms with Gasteiger partial charge in [0.2, 0.25) is 0 Å². The summed E-state index contributed by atoms with van der Waals surface area (Å²) in [5.74, 6) is 0.928. The summed E-state index contributed by atoms with van der Waals surface area (Å²) in [6.45, 7) is 7.15. The molecule has 20 heavy (non-hydrogen) atoms. The molecule has 4 heteroatoms. The highest BCUT2D eigenvalue weighted by molar-refractivity contribution is 7.99. The number of nitrogens with zero attached hydrogens (tertiary/aromatic N) is 2. The number of nitrogens with two attached hydrogens (primary N) is 1. The Bertz CT molecular complexity index is 545. The third-order valence-electron chi connectivity index (χ3n) is 3.24. The van der Waals surface area contributed by atoms with Crippen molar-refractivity contribution in [2.75, 3.05) is 5.75 Å². The SMILES string of the molecule is CCn1nc(C)cc1CC(N)CSc1ccc(C)cc1. The second kappa shape index (κ2) is 6.95. The van der Waals surface area contributed by atoms with E-state index in [1.165, 1.54) is 16.2 Å². The zero-order valence-corrected chi connectivity index (χ0v) is 13.3. The largest absolute Gasteiger partial charge is 0.327 e. The van der Waals surface area contributed by atoms with E-state index in [1.54, 1.807) is 0 Å². The Morgan fingerprint density at radius 1 is 1.25 bits per heavy atom. The fraction of sp³-hybridized carbons (Fsp3) is 0.438. The molecule has 0 aliphatic heterocycles. The van der Waals surface area contributed by atoms with E-state index >= 15 is 0 Å². The Hall–Kier alpha value is -1.26. The summed E-state index contributed by atoms with van der Waals surface area (Å²) in [7, 11) is 0. The van der Waals surface area contributed by atoms with Gasteiger partial charge in [-0.05, 0) is 39.0 Å². The molecule has 1 aromatic heterocycles. The molecule has 0 spiro atoms. The van der Waals surface area contributed by atoms with Gasteiger partial charge in [-0.1, -0.05) is 17.7 Å². The van der Waals surface area contributed by atoms with Crippen molar-refractivity contribution in [3.8, 4) is 0 Å². The van der Waals surface area contributed by atoms with Crippen LogP contribution in [0.5, 0.6) is 0 Å². The minimum atomic E-state index is 0.155. The summed E-state index contributed by atoms with van der Waals surface area (Å²) in [6.07, 6.45) is 0.882. The van der Waals surface area contributed by atoms with Gasteiger partial charge in [0.25, 0.3) is 0 Å². The van der Waals surface area contributed by atoms with E-state index in [-0.39, 0.29) is 6.04 Å². The van der Waals surface area contributed by atoms with Crippen LogP contribution in [-0.4, -0.2) is 21.6 Å². The number of rotatable bonds is 6. The van der Waals surface area contributed by atoms with Crippen molar-refractivity contribution in [3.63, 3.8) is 0 Å². The van der Waals surface area contributed by atoms with Crippen LogP contribution in [0.25, 0.3) is 0 Å².